The molecule has 0 amide bonds. The van der Waals surface area contributed by atoms with Gasteiger partial charge in [-0.3, -0.25) is 14.1 Å². The van der Waals surface area contributed by atoms with Crippen LogP contribution in [0.1, 0.15) is 24.4 Å². The molecule has 0 fully saturated rings. The Labute approximate surface area is 292 Å². The maximum atomic E-state index is 14.0. The van der Waals surface area contributed by atoms with Crippen molar-refractivity contribution in [2.24, 2.45) is 0 Å². The van der Waals surface area contributed by atoms with Gasteiger partial charge in [-0.05, 0) is 55.8 Å². The van der Waals surface area contributed by atoms with Gasteiger partial charge in [0.2, 0.25) is 10.0 Å². The number of sulfonamides is 1. The summed E-state index contributed by atoms with van der Waals surface area (Å²) in [5.74, 6) is 1.45. The van der Waals surface area contributed by atoms with E-state index in [9.17, 15) is 13.2 Å². The third-order valence-electron chi connectivity index (χ3n) is 8.34. The highest BCUT2D eigenvalue weighted by atomic mass is 32.2. The summed E-state index contributed by atoms with van der Waals surface area (Å²) in [5.41, 5.74) is 4.30. The molecule has 262 valence electrons. The Hall–Kier alpha value is -4.99. The predicted molar refractivity (Wildman–Crippen MR) is 200 cm³/mol. The van der Waals surface area contributed by atoms with E-state index < -0.39 is 24.1 Å². The molecule has 6 rings (SSSR count). The molecule has 0 saturated carbocycles. The molecule has 4 aromatic heterocycles. The van der Waals surface area contributed by atoms with Crippen molar-refractivity contribution >= 4 is 46.2 Å². The van der Waals surface area contributed by atoms with Crippen molar-refractivity contribution in [2.45, 2.75) is 52.3 Å². The van der Waals surface area contributed by atoms with Gasteiger partial charge in [-0.25, -0.2) is 22.9 Å². The molecular formula is C35H42N8O5SSi. The fourth-order valence-electron chi connectivity index (χ4n) is 5.88. The quantitative estimate of drug-likeness (QED) is 0.108. The standard InChI is InChI=1S/C35H42N8O5SSi/c1-23-15-16-42-31(23)35(44)43(26-11-9-8-10-12-26)33(39-42)24(2)38-32-30-28(27-14-13-25(19-29(27)47-3)40-49(4,45)46)20-41(34(30)37-21-36-32)22-48-17-18-50(5,6)7/h8-16,19-21,24,40H,17-18,22H2,1-7H3,(H,36,37,38). The van der Waals surface area contributed by atoms with Gasteiger partial charge in [0.15, 0.2) is 5.82 Å². The summed E-state index contributed by atoms with van der Waals surface area (Å²) in [5, 5.41) is 9.14. The number of rotatable bonds is 13. The largest absolute Gasteiger partial charge is 0.496 e. The van der Waals surface area contributed by atoms with Gasteiger partial charge in [-0.2, -0.15) is 5.10 Å². The van der Waals surface area contributed by atoms with Gasteiger partial charge in [-0.15, -0.1) is 0 Å². The zero-order valence-corrected chi connectivity index (χ0v) is 31.1. The average Bonchev–Trinajstić information content (AvgIpc) is 3.63. The number of hydrogen-bond acceptors (Lipinski definition) is 9. The van der Waals surface area contributed by atoms with Crippen LogP contribution in [-0.2, 0) is 21.5 Å². The fraction of sp³-hybridized carbons (Fsp3) is 0.314. The van der Waals surface area contributed by atoms with Crippen LogP contribution in [0.25, 0.3) is 33.4 Å². The van der Waals surface area contributed by atoms with Crippen molar-refractivity contribution in [3.05, 3.63) is 95.1 Å². The maximum absolute atomic E-state index is 14.0. The van der Waals surface area contributed by atoms with Crippen LogP contribution in [0.5, 0.6) is 5.75 Å². The van der Waals surface area contributed by atoms with Crippen molar-refractivity contribution in [2.75, 3.05) is 30.0 Å². The Morgan fingerprint density at radius 3 is 2.48 bits per heavy atom. The van der Waals surface area contributed by atoms with Crippen molar-refractivity contribution in [1.82, 2.24) is 28.7 Å². The second-order valence-corrected chi connectivity index (χ2v) is 20.9. The second-order valence-electron chi connectivity index (χ2n) is 13.6. The van der Waals surface area contributed by atoms with E-state index in [1.807, 2.05) is 61.0 Å². The molecular weight excluding hydrogens is 673 g/mol. The molecule has 0 spiro atoms. The first-order chi connectivity index (χ1) is 23.7. The third-order valence-corrected chi connectivity index (χ3v) is 10.7. The van der Waals surface area contributed by atoms with Gasteiger partial charge in [0.25, 0.3) is 5.56 Å². The minimum atomic E-state index is -3.50. The van der Waals surface area contributed by atoms with E-state index in [4.69, 9.17) is 14.6 Å². The zero-order chi connectivity index (χ0) is 35.8. The number of nitrogens with zero attached hydrogens (tertiary/aromatic N) is 6. The van der Waals surface area contributed by atoms with Crippen LogP contribution in [0.15, 0.2) is 78.1 Å². The van der Waals surface area contributed by atoms with E-state index in [1.165, 1.54) is 13.4 Å². The molecule has 2 aromatic carbocycles. The van der Waals surface area contributed by atoms with Crippen molar-refractivity contribution in [3.8, 4) is 22.6 Å². The van der Waals surface area contributed by atoms with E-state index in [1.54, 1.807) is 33.5 Å². The van der Waals surface area contributed by atoms with Crippen LogP contribution < -0.4 is 20.3 Å². The Morgan fingerprint density at radius 2 is 1.78 bits per heavy atom. The van der Waals surface area contributed by atoms with Gasteiger partial charge in [0.05, 0.1) is 36.2 Å². The zero-order valence-electron chi connectivity index (χ0n) is 29.3. The normalized spacial score (nSPS) is 12.8. The Balaban J connectivity index is 1.48. The van der Waals surface area contributed by atoms with Crippen LogP contribution in [0.4, 0.5) is 11.5 Å². The lowest BCUT2D eigenvalue weighted by Gasteiger charge is -2.20. The maximum Gasteiger partial charge on any atom is 0.282 e. The SMILES string of the molecule is COc1cc(NS(C)(=O)=O)ccc1-c1cn(COCC[Si](C)(C)C)c2ncnc(NC(C)c3nn4ccc(C)c4c(=O)n3-c3ccccc3)c12. The Kier molecular flexibility index (Phi) is 9.57. The fourth-order valence-corrected chi connectivity index (χ4v) is 7.19. The molecule has 50 heavy (non-hydrogen) atoms. The Morgan fingerprint density at radius 1 is 1.02 bits per heavy atom. The second kappa shape index (κ2) is 13.7. The third kappa shape index (κ3) is 7.29. The molecule has 1 atom stereocenters. The Bertz CT molecular complexity index is 2350. The first kappa shape index (κ1) is 34.9. The molecule has 0 aliphatic heterocycles. The minimum Gasteiger partial charge on any atom is -0.496 e. The van der Waals surface area contributed by atoms with E-state index in [0.29, 0.717) is 57.5 Å². The number of para-hydroxylation sites is 1. The molecule has 4 heterocycles. The number of fused-ring (bicyclic) bond motifs is 2. The van der Waals surface area contributed by atoms with Gasteiger partial charge in [0.1, 0.15) is 35.8 Å². The van der Waals surface area contributed by atoms with Gasteiger partial charge in [0, 0.05) is 44.3 Å². The number of aromatic nitrogens is 6. The lowest BCUT2D eigenvalue weighted by atomic mass is 10.0. The number of hydrogen-bond donors (Lipinski definition) is 2. The minimum absolute atomic E-state index is 0.181. The first-order valence-corrected chi connectivity index (χ1v) is 21.8. The number of anilines is 2. The highest BCUT2D eigenvalue weighted by Crippen LogP contribution is 2.40. The molecule has 0 aliphatic rings. The number of benzene rings is 2. The van der Waals surface area contributed by atoms with E-state index in [-0.39, 0.29) is 12.3 Å². The topological polar surface area (TPSA) is 147 Å². The number of aryl methyl sites for hydroxylation is 1. The number of nitrogens with one attached hydrogen (secondary N) is 2. The number of ether oxygens (including phenoxy) is 2. The summed E-state index contributed by atoms with van der Waals surface area (Å²) in [7, 11) is -3.28. The first-order valence-electron chi connectivity index (χ1n) is 16.2. The van der Waals surface area contributed by atoms with Crippen LogP contribution in [0.2, 0.25) is 25.7 Å². The van der Waals surface area contributed by atoms with Crippen LogP contribution in [0, 0.1) is 6.92 Å². The van der Waals surface area contributed by atoms with E-state index >= 15 is 0 Å². The summed E-state index contributed by atoms with van der Waals surface area (Å²) in [4.78, 5) is 23.4. The van der Waals surface area contributed by atoms with E-state index in [2.05, 4.69) is 39.6 Å². The predicted octanol–water partition coefficient (Wildman–Crippen LogP) is 6.07. The van der Waals surface area contributed by atoms with E-state index in [0.717, 1.165) is 23.4 Å². The molecule has 1 unspecified atom stereocenters. The molecule has 0 radical (unpaired) electrons. The molecule has 15 heteroatoms. The molecule has 2 N–H and O–H groups in total. The van der Waals surface area contributed by atoms with Crippen molar-refractivity contribution in [3.63, 3.8) is 0 Å². The lowest BCUT2D eigenvalue weighted by Crippen LogP contribution is -2.29. The molecule has 0 aliphatic carbocycles. The summed E-state index contributed by atoms with van der Waals surface area (Å²) in [6.45, 7) is 11.6. The van der Waals surface area contributed by atoms with Crippen molar-refractivity contribution < 1.29 is 17.9 Å². The van der Waals surface area contributed by atoms with Gasteiger partial charge < -0.3 is 19.4 Å². The monoisotopic (exact) mass is 714 g/mol. The highest BCUT2D eigenvalue weighted by molar-refractivity contribution is 7.92. The molecule has 0 saturated heterocycles. The van der Waals surface area contributed by atoms with Crippen LogP contribution >= 0.6 is 0 Å². The van der Waals surface area contributed by atoms with Crippen LogP contribution in [-0.4, -0.2) is 65.2 Å². The van der Waals surface area contributed by atoms with Gasteiger partial charge in [-0.1, -0.05) is 37.8 Å². The van der Waals surface area contributed by atoms with Crippen molar-refractivity contribution in [1.29, 1.82) is 0 Å². The smallest absolute Gasteiger partial charge is 0.282 e. The number of methoxy groups -OCH3 is 1. The lowest BCUT2D eigenvalue weighted by molar-refractivity contribution is 0.0899. The summed E-state index contributed by atoms with van der Waals surface area (Å²) < 4.78 is 43.6. The summed E-state index contributed by atoms with van der Waals surface area (Å²) >= 11 is 0. The highest BCUT2D eigenvalue weighted by Gasteiger charge is 2.24. The summed E-state index contributed by atoms with van der Waals surface area (Å²) in [6.07, 6.45) is 6.32. The van der Waals surface area contributed by atoms with Gasteiger partial charge >= 0.3 is 0 Å². The van der Waals surface area contributed by atoms with Crippen LogP contribution in [0.3, 0.4) is 0 Å². The average molecular weight is 715 g/mol. The molecule has 13 nitrogen and oxygen atoms in total. The summed E-state index contributed by atoms with van der Waals surface area (Å²) in [6, 6.07) is 17.0. The molecule has 0 bridgehead atoms. The molecule has 6 aromatic rings.